The quantitative estimate of drug-likeness (QED) is 0.761. The van der Waals surface area contributed by atoms with E-state index in [0.29, 0.717) is 11.3 Å². The summed E-state index contributed by atoms with van der Waals surface area (Å²) in [6, 6.07) is 10.4. The Balaban J connectivity index is 1.81. The third-order valence-corrected chi connectivity index (χ3v) is 4.58. The molecule has 0 bridgehead atoms. The van der Waals surface area contributed by atoms with Crippen LogP contribution in [-0.4, -0.2) is 26.9 Å². The second-order valence-corrected chi connectivity index (χ2v) is 7.90. The van der Waals surface area contributed by atoms with Gasteiger partial charge >= 0.3 is 11.9 Å². The number of carbonyl (C=O) groups excluding carboxylic acids is 3. The van der Waals surface area contributed by atoms with Gasteiger partial charge in [-0.2, -0.15) is 0 Å². The Hall–Kier alpha value is -3.78. The Kier molecular flexibility index (Phi) is 5.28. The molecule has 0 saturated heterocycles. The van der Waals surface area contributed by atoms with Crippen molar-refractivity contribution >= 4 is 17.8 Å². The topological polar surface area (TPSA) is 111 Å². The number of quaternary nitrogens is 1. The van der Waals surface area contributed by atoms with Crippen LogP contribution in [0, 0.1) is 11.5 Å². The highest BCUT2D eigenvalue weighted by atomic mass is 16.2. The molecule has 2 aromatic rings. The number of imide groups is 1. The van der Waals surface area contributed by atoms with Crippen molar-refractivity contribution in [2.75, 3.05) is 0 Å². The van der Waals surface area contributed by atoms with E-state index in [4.69, 9.17) is 5.73 Å². The molecule has 2 heterocycles. The number of urea groups is 1. The lowest BCUT2D eigenvalue weighted by Gasteiger charge is -2.27. The fourth-order valence-corrected chi connectivity index (χ4v) is 3.03. The normalized spacial score (nSPS) is 18.0. The van der Waals surface area contributed by atoms with E-state index in [1.54, 1.807) is 63.4 Å². The van der Waals surface area contributed by atoms with Crippen molar-refractivity contribution in [3.63, 3.8) is 0 Å². The molecule has 4 amide bonds. The average molecular weight is 406 g/mol. The van der Waals surface area contributed by atoms with Gasteiger partial charge in [0.25, 0.3) is 11.5 Å². The smallest absolute Gasteiger partial charge is 0.318 e. The summed E-state index contributed by atoms with van der Waals surface area (Å²) in [5, 5.41) is 2.62. The van der Waals surface area contributed by atoms with Crippen LogP contribution in [0.1, 0.15) is 31.1 Å². The van der Waals surface area contributed by atoms with Crippen LogP contribution in [0.25, 0.3) is 5.69 Å². The molecular formula is C22H22N4O4+. The molecule has 0 saturated carbocycles. The van der Waals surface area contributed by atoms with Crippen LogP contribution in [0.3, 0.4) is 0 Å². The summed E-state index contributed by atoms with van der Waals surface area (Å²) in [5.41, 5.74) is 5.56. The van der Waals surface area contributed by atoms with E-state index in [0.717, 1.165) is 0 Å². The number of hydrogen-bond donors (Lipinski definition) is 2. The number of nitrogens with zero attached hydrogens (tertiary/aromatic N) is 2. The Bertz CT molecular complexity index is 1140. The monoisotopic (exact) mass is 406 g/mol. The molecule has 153 valence electrons. The van der Waals surface area contributed by atoms with Gasteiger partial charge in [-0.25, -0.2) is 9.59 Å². The molecule has 1 aromatic heterocycles. The summed E-state index contributed by atoms with van der Waals surface area (Å²) in [6.45, 7) is 5.03. The summed E-state index contributed by atoms with van der Waals surface area (Å²) in [7, 11) is 0. The first-order valence-electron chi connectivity index (χ1n) is 9.21. The van der Waals surface area contributed by atoms with Gasteiger partial charge in [0.05, 0.1) is 11.5 Å². The van der Waals surface area contributed by atoms with E-state index in [1.165, 1.54) is 23.0 Å². The van der Waals surface area contributed by atoms with E-state index in [-0.39, 0.29) is 11.3 Å². The molecule has 3 N–H and O–H groups in total. The van der Waals surface area contributed by atoms with Crippen molar-refractivity contribution in [2.24, 2.45) is 11.1 Å². The number of aromatic nitrogens is 1. The number of nitrogens with two attached hydrogens (primary N) is 1. The lowest BCUT2D eigenvalue weighted by Crippen LogP contribution is -2.55. The molecule has 1 unspecified atom stereocenters. The molecule has 0 spiro atoms. The first-order valence-corrected chi connectivity index (χ1v) is 9.21. The summed E-state index contributed by atoms with van der Waals surface area (Å²) in [6.07, 6.45) is 6.87. The first-order chi connectivity index (χ1) is 14.0. The summed E-state index contributed by atoms with van der Waals surface area (Å²) in [5.74, 6) is -0.897. The highest BCUT2D eigenvalue weighted by Crippen LogP contribution is 2.29. The summed E-state index contributed by atoms with van der Waals surface area (Å²) in [4.78, 5) is 49.3. The third-order valence-electron chi connectivity index (χ3n) is 4.58. The molecule has 8 nitrogen and oxygen atoms in total. The molecule has 30 heavy (non-hydrogen) atoms. The zero-order valence-corrected chi connectivity index (χ0v) is 16.9. The van der Waals surface area contributed by atoms with Gasteiger partial charge in [-0.15, -0.1) is 4.48 Å². The number of nitrogens with one attached hydrogen (secondary N) is 1. The zero-order chi connectivity index (χ0) is 22.1. The van der Waals surface area contributed by atoms with Crippen molar-refractivity contribution in [1.82, 2.24) is 9.88 Å². The lowest BCUT2D eigenvalue weighted by molar-refractivity contribution is -0.661. The molecule has 3 rings (SSSR count). The molecule has 1 radical (unpaired) electrons. The van der Waals surface area contributed by atoms with Gasteiger partial charge in [-0.3, -0.25) is 14.2 Å². The molecule has 8 heteroatoms. The minimum atomic E-state index is -0.885. The number of hydrogen-bond acceptors (Lipinski definition) is 4. The number of primary amides is 1. The van der Waals surface area contributed by atoms with E-state index in [9.17, 15) is 19.2 Å². The first kappa shape index (κ1) is 20.9. The summed E-state index contributed by atoms with van der Waals surface area (Å²) < 4.78 is 0.601. The second kappa shape index (κ2) is 7.57. The van der Waals surface area contributed by atoms with Crippen LogP contribution in [-0.2, 0) is 4.79 Å². The second-order valence-electron chi connectivity index (χ2n) is 7.90. The van der Waals surface area contributed by atoms with Gasteiger partial charge in [0.2, 0.25) is 0 Å². The number of carbonyl (C=O) groups is 3. The maximum Gasteiger partial charge on any atom is 0.430 e. The predicted octanol–water partition coefficient (Wildman–Crippen LogP) is 2.21. The van der Waals surface area contributed by atoms with E-state index >= 15 is 0 Å². The Morgan fingerprint density at radius 2 is 1.73 bits per heavy atom. The van der Waals surface area contributed by atoms with Crippen LogP contribution in [0.4, 0.5) is 4.79 Å². The SMILES string of the molecule is CC(C)(C)C(=O)[N+]1(C(N)=O)C=[C]C(NC(=O)c2ccc(-n3ccccc3=O)cc2)=C1. The lowest BCUT2D eigenvalue weighted by atomic mass is 9.94. The van der Waals surface area contributed by atoms with Crippen LogP contribution >= 0.6 is 0 Å². The van der Waals surface area contributed by atoms with Gasteiger partial charge in [0, 0.05) is 23.5 Å². The maximum absolute atomic E-state index is 12.7. The van der Waals surface area contributed by atoms with Gasteiger partial charge in [0.15, 0.2) is 0 Å². The van der Waals surface area contributed by atoms with Gasteiger partial charge in [-0.05, 0) is 51.1 Å². The van der Waals surface area contributed by atoms with E-state index in [2.05, 4.69) is 11.4 Å². The fraction of sp³-hybridized carbons (Fsp3) is 0.182. The molecule has 0 aliphatic carbocycles. The van der Waals surface area contributed by atoms with Gasteiger partial charge in [-0.1, -0.05) is 6.07 Å². The molecule has 1 atom stereocenters. The predicted molar refractivity (Wildman–Crippen MR) is 110 cm³/mol. The molecule has 1 aromatic carbocycles. The number of rotatable bonds is 3. The Labute approximate surface area is 173 Å². The van der Waals surface area contributed by atoms with Gasteiger partial charge in [0.1, 0.15) is 18.1 Å². The van der Waals surface area contributed by atoms with Crippen LogP contribution in [0.2, 0.25) is 0 Å². The third kappa shape index (κ3) is 3.85. The maximum atomic E-state index is 12.7. The van der Waals surface area contributed by atoms with Crippen molar-refractivity contribution in [3.05, 3.63) is 88.8 Å². The number of benzene rings is 1. The number of allylic oxidation sites excluding steroid dienone is 1. The highest BCUT2D eigenvalue weighted by Gasteiger charge is 2.49. The van der Waals surface area contributed by atoms with Crippen LogP contribution in [0.5, 0.6) is 0 Å². The average Bonchev–Trinajstić information content (AvgIpc) is 3.12. The molecule has 1 aliphatic heterocycles. The van der Waals surface area contributed by atoms with Crippen LogP contribution in [0.15, 0.2) is 71.6 Å². The van der Waals surface area contributed by atoms with Crippen molar-refractivity contribution in [2.45, 2.75) is 20.8 Å². The minimum absolute atomic E-state index is 0.166. The molecule has 0 fully saturated rings. The number of pyridine rings is 1. The largest absolute Gasteiger partial charge is 0.430 e. The Morgan fingerprint density at radius 1 is 1.07 bits per heavy atom. The highest BCUT2D eigenvalue weighted by molar-refractivity contribution is 5.96. The van der Waals surface area contributed by atoms with E-state index < -0.39 is 27.7 Å². The van der Waals surface area contributed by atoms with Crippen molar-refractivity contribution in [1.29, 1.82) is 0 Å². The minimum Gasteiger partial charge on any atom is -0.318 e. The van der Waals surface area contributed by atoms with Crippen LogP contribution < -0.4 is 16.6 Å². The molecule has 1 aliphatic rings. The standard InChI is InChI=1S/C22H21N4O4/c1-22(2,3)20(29)26(21(23)30)13-11-16(14-26)24-19(28)15-7-9-17(10-8-15)25-12-5-4-6-18(25)27/h4-10,12-14H,1-3H3,(H2-,23,24,28,30)/p+1. The van der Waals surface area contributed by atoms with Crippen molar-refractivity contribution < 1.29 is 18.9 Å². The van der Waals surface area contributed by atoms with Crippen molar-refractivity contribution in [3.8, 4) is 5.69 Å². The molecular weight excluding hydrogens is 384 g/mol. The zero-order valence-electron chi connectivity index (χ0n) is 16.9. The van der Waals surface area contributed by atoms with E-state index in [1.807, 2.05) is 0 Å². The summed E-state index contributed by atoms with van der Waals surface area (Å²) >= 11 is 0. The number of amides is 4. The van der Waals surface area contributed by atoms with Gasteiger partial charge < -0.3 is 11.1 Å². The fourth-order valence-electron chi connectivity index (χ4n) is 3.03. The Morgan fingerprint density at radius 3 is 2.30 bits per heavy atom.